The van der Waals surface area contributed by atoms with Crippen molar-refractivity contribution in [2.45, 2.75) is 25.4 Å². The molecule has 0 amide bonds. The molecule has 0 aromatic heterocycles. The molecule has 1 nitrogen and oxygen atoms in total. The van der Waals surface area contributed by atoms with Gasteiger partial charge in [0.2, 0.25) is 0 Å². The van der Waals surface area contributed by atoms with Crippen molar-refractivity contribution >= 4 is 0 Å². The molecule has 0 N–H and O–H groups in total. The van der Waals surface area contributed by atoms with Crippen LogP contribution in [-0.4, -0.2) is 19.4 Å². The van der Waals surface area contributed by atoms with E-state index in [1.807, 2.05) is 0 Å². The molecule has 0 spiro atoms. The predicted octanol–water partition coefficient (Wildman–Crippen LogP) is 2.33. The average Bonchev–Trinajstić information content (AvgIpc) is 2.10. The predicted molar refractivity (Wildman–Crippen MR) is 48.6 cm³/mol. The van der Waals surface area contributed by atoms with E-state index in [1.165, 1.54) is 6.08 Å². The van der Waals surface area contributed by atoms with Crippen molar-refractivity contribution in [3.8, 4) is 12.3 Å². The number of hydrogen-bond donors (Lipinski definition) is 0. The Balaban J connectivity index is 3.01. The summed E-state index contributed by atoms with van der Waals surface area (Å²) in [5.74, 6) is 2.53. The van der Waals surface area contributed by atoms with Gasteiger partial charge in [-0.1, -0.05) is 6.08 Å². The molecule has 0 aromatic rings. The third-order valence-electron chi connectivity index (χ3n) is 1.39. The molecule has 12 heavy (non-hydrogen) atoms. The number of ether oxygens (including phenoxy) is 1. The van der Waals surface area contributed by atoms with Gasteiger partial charge in [0.05, 0.1) is 6.61 Å². The van der Waals surface area contributed by atoms with E-state index in [-0.39, 0.29) is 6.61 Å². The number of rotatable bonds is 7. The Morgan fingerprint density at radius 3 is 2.92 bits per heavy atom. The van der Waals surface area contributed by atoms with Crippen LogP contribution in [0, 0.1) is 12.3 Å². The van der Waals surface area contributed by atoms with Gasteiger partial charge in [-0.25, -0.2) is 4.39 Å². The summed E-state index contributed by atoms with van der Waals surface area (Å²) in [6.45, 7) is 4.00. The minimum absolute atomic E-state index is 0.111. The summed E-state index contributed by atoms with van der Waals surface area (Å²) in [5, 5.41) is 0. The topological polar surface area (TPSA) is 9.23 Å². The minimum atomic E-state index is -1.04. The second-order valence-electron chi connectivity index (χ2n) is 2.49. The zero-order valence-electron chi connectivity index (χ0n) is 7.26. The van der Waals surface area contributed by atoms with Crippen LogP contribution in [0.1, 0.15) is 19.3 Å². The minimum Gasteiger partial charge on any atom is -0.378 e. The highest BCUT2D eigenvalue weighted by Crippen LogP contribution is 1.97. The van der Waals surface area contributed by atoms with Gasteiger partial charge in [0.25, 0.3) is 0 Å². The zero-order valence-corrected chi connectivity index (χ0v) is 7.26. The Hall–Kier alpha value is -0.810. The van der Waals surface area contributed by atoms with Gasteiger partial charge in [-0.05, 0) is 12.8 Å². The van der Waals surface area contributed by atoms with Crippen molar-refractivity contribution in [2.24, 2.45) is 0 Å². The molecular formula is C10H15FO. The van der Waals surface area contributed by atoms with E-state index < -0.39 is 6.17 Å². The number of unbranched alkanes of at least 4 members (excludes halogenated alkanes) is 2. The van der Waals surface area contributed by atoms with Crippen molar-refractivity contribution in [1.82, 2.24) is 0 Å². The van der Waals surface area contributed by atoms with Crippen molar-refractivity contribution in [2.75, 3.05) is 13.2 Å². The van der Waals surface area contributed by atoms with E-state index in [2.05, 4.69) is 12.5 Å². The molecule has 0 saturated heterocycles. The van der Waals surface area contributed by atoms with Crippen molar-refractivity contribution in [3.63, 3.8) is 0 Å². The lowest BCUT2D eigenvalue weighted by Gasteiger charge is -2.03. The number of hydrogen-bond acceptors (Lipinski definition) is 1. The molecule has 0 fully saturated rings. The second-order valence-corrected chi connectivity index (χ2v) is 2.49. The second kappa shape index (κ2) is 8.29. The summed E-state index contributed by atoms with van der Waals surface area (Å²) >= 11 is 0. The van der Waals surface area contributed by atoms with E-state index in [4.69, 9.17) is 11.2 Å². The molecule has 1 atom stereocenters. The molecule has 2 heteroatoms. The standard InChI is InChI=1S/C10H15FO/c1-3-5-6-7-8-12-9-10(11)4-2/h1,4,10H,2,5-9H2/t10-/m1/s1. The van der Waals surface area contributed by atoms with Crippen LogP contribution in [0.25, 0.3) is 0 Å². The normalized spacial score (nSPS) is 12.0. The molecular weight excluding hydrogens is 155 g/mol. The highest BCUT2D eigenvalue weighted by molar-refractivity contribution is 4.82. The number of alkyl halides is 1. The van der Waals surface area contributed by atoms with Crippen LogP contribution >= 0.6 is 0 Å². The lowest BCUT2D eigenvalue weighted by molar-refractivity contribution is 0.0945. The highest BCUT2D eigenvalue weighted by atomic mass is 19.1. The molecule has 68 valence electrons. The van der Waals surface area contributed by atoms with Gasteiger partial charge in [-0.3, -0.25) is 0 Å². The maximum absolute atomic E-state index is 12.4. The summed E-state index contributed by atoms with van der Waals surface area (Å²) in [6.07, 6.45) is 7.85. The van der Waals surface area contributed by atoms with Gasteiger partial charge >= 0.3 is 0 Å². The third kappa shape index (κ3) is 7.30. The molecule has 0 aliphatic heterocycles. The molecule has 0 heterocycles. The van der Waals surface area contributed by atoms with Crippen molar-refractivity contribution < 1.29 is 9.13 Å². The summed E-state index contributed by atoms with van der Waals surface area (Å²) in [5.41, 5.74) is 0. The molecule has 0 rings (SSSR count). The van der Waals surface area contributed by atoms with Gasteiger partial charge in [-0.2, -0.15) is 0 Å². The average molecular weight is 170 g/mol. The fraction of sp³-hybridized carbons (Fsp3) is 0.600. The van der Waals surface area contributed by atoms with Gasteiger partial charge in [0, 0.05) is 13.0 Å². The summed E-state index contributed by atoms with van der Waals surface area (Å²) < 4.78 is 17.5. The summed E-state index contributed by atoms with van der Waals surface area (Å²) in [6, 6.07) is 0. The molecule has 0 saturated carbocycles. The van der Waals surface area contributed by atoms with E-state index in [0.717, 1.165) is 19.3 Å². The Kier molecular flexibility index (Phi) is 7.73. The number of halogens is 1. The lowest BCUT2D eigenvalue weighted by Crippen LogP contribution is -2.07. The van der Waals surface area contributed by atoms with Gasteiger partial charge < -0.3 is 4.74 Å². The SMILES string of the molecule is C#CCCCCOC[C@H](F)C=C. The lowest BCUT2D eigenvalue weighted by atomic mass is 10.2. The Labute approximate surface area is 73.6 Å². The molecule has 0 aliphatic rings. The first kappa shape index (κ1) is 11.2. The van der Waals surface area contributed by atoms with E-state index in [9.17, 15) is 4.39 Å². The van der Waals surface area contributed by atoms with Crippen molar-refractivity contribution in [3.05, 3.63) is 12.7 Å². The molecule has 0 radical (unpaired) electrons. The first-order valence-corrected chi connectivity index (χ1v) is 4.09. The van der Waals surface area contributed by atoms with Gasteiger partial charge in [0.1, 0.15) is 6.17 Å². The summed E-state index contributed by atoms with van der Waals surface area (Å²) in [4.78, 5) is 0. The highest BCUT2D eigenvalue weighted by Gasteiger charge is 1.98. The van der Waals surface area contributed by atoms with Crippen LogP contribution in [0.15, 0.2) is 12.7 Å². The largest absolute Gasteiger partial charge is 0.378 e. The Morgan fingerprint density at radius 2 is 2.33 bits per heavy atom. The Morgan fingerprint density at radius 1 is 1.58 bits per heavy atom. The first-order valence-electron chi connectivity index (χ1n) is 4.09. The maximum atomic E-state index is 12.4. The van der Waals surface area contributed by atoms with Crippen molar-refractivity contribution in [1.29, 1.82) is 0 Å². The van der Waals surface area contributed by atoms with Crippen LogP contribution in [-0.2, 0) is 4.74 Å². The fourth-order valence-electron chi connectivity index (χ4n) is 0.695. The van der Waals surface area contributed by atoms with E-state index >= 15 is 0 Å². The summed E-state index contributed by atoms with van der Waals surface area (Å²) in [7, 11) is 0. The van der Waals surface area contributed by atoms with Crippen LogP contribution in [0.4, 0.5) is 4.39 Å². The van der Waals surface area contributed by atoms with E-state index in [0.29, 0.717) is 6.61 Å². The molecule has 0 aliphatic carbocycles. The van der Waals surface area contributed by atoms with Crippen LogP contribution in [0.5, 0.6) is 0 Å². The quantitative estimate of drug-likeness (QED) is 0.324. The molecule has 0 bridgehead atoms. The number of terminal acetylenes is 1. The zero-order chi connectivity index (χ0) is 9.23. The Bertz CT molecular complexity index is 148. The third-order valence-corrected chi connectivity index (χ3v) is 1.39. The van der Waals surface area contributed by atoms with Crippen LogP contribution in [0.2, 0.25) is 0 Å². The fourth-order valence-corrected chi connectivity index (χ4v) is 0.695. The first-order chi connectivity index (χ1) is 5.81. The van der Waals surface area contributed by atoms with Crippen LogP contribution in [0.3, 0.4) is 0 Å². The van der Waals surface area contributed by atoms with Gasteiger partial charge in [0.15, 0.2) is 0 Å². The van der Waals surface area contributed by atoms with Crippen LogP contribution < -0.4 is 0 Å². The smallest absolute Gasteiger partial charge is 0.141 e. The maximum Gasteiger partial charge on any atom is 0.141 e. The van der Waals surface area contributed by atoms with Gasteiger partial charge in [-0.15, -0.1) is 18.9 Å². The monoisotopic (exact) mass is 170 g/mol. The molecule has 0 unspecified atom stereocenters. The molecule has 0 aromatic carbocycles. The van der Waals surface area contributed by atoms with E-state index in [1.54, 1.807) is 0 Å².